The zero-order valence-electron chi connectivity index (χ0n) is 17.7. The van der Waals surface area contributed by atoms with E-state index >= 15 is 0 Å². The number of halogens is 1. The average molecular weight is 389 g/mol. The Balaban J connectivity index is 0.000000227. The SMILES string of the molecule is CCCNCCC.Cc1ccc(F)cc1.OC1CCN(Cc2ccccc2)C1. The van der Waals surface area contributed by atoms with Crippen molar-refractivity contribution in [2.45, 2.75) is 52.7 Å². The van der Waals surface area contributed by atoms with E-state index in [9.17, 15) is 9.50 Å². The normalized spacial score (nSPS) is 16.0. The molecule has 0 saturated carbocycles. The largest absolute Gasteiger partial charge is 0.392 e. The first kappa shape index (κ1) is 24.3. The molecule has 0 aromatic heterocycles. The van der Waals surface area contributed by atoms with Crippen molar-refractivity contribution in [3.8, 4) is 0 Å². The fourth-order valence-corrected chi connectivity index (χ4v) is 2.81. The summed E-state index contributed by atoms with van der Waals surface area (Å²) in [6, 6.07) is 16.8. The van der Waals surface area contributed by atoms with Crippen LogP contribution in [0.15, 0.2) is 54.6 Å². The van der Waals surface area contributed by atoms with Gasteiger partial charge < -0.3 is 10.4 Å². The number of hydrogen-bond acceptors (Lipinski definition) is 3. The van der Waals surface area contributed by atoms with Crippen LogP contribution in [-0.2, 0) is 6.54 Å². The molecule has 0 bridgehead atoms. The monoisotopic (exact) mass is 388 g/mol. The number of nitrogens with zero attached hydrogens (tertiary/aromatic N) is 1. The van der Waals surface area contributed by atoms with E-state index in [1.165, 1.54) is 43.6 Å². The number of β-amino-alcohol motifs (C(OH)–C–C–N with tert-alkyl or cyclic N) is 1. The van der Waals surface area contributed by atoms with Crippen molar-refractivity contribution in [3.05, 3.63) is 71.5 Å². The zero-order chi connectivity index (χ0) is 20.6. The van der Waals surface area contributed by atoms with Gasteiger partial charge in [-0.25, -0.2) is 4.39 Å². The van der Waals surface area contributed by atoms with Gasteiger partial charge in [0.15, 0.2) is 0 Å². The lowest BCUT2D eigenvalue weighted by Crippen LogP contribution is -2.21. The Morgan fingerprint density at radius 2 is 1.61 bits per heavy atom. The Kier molecular flexibility index (Phi) is 13.2. The van der Waals surface area contributed by atoms with Gasteiger partial charge in [-0.05, 0) is 57.0 Å². The summed E-state index contributed by atoms with van der Waals surface area (Å²) in [7, 11) is 0. The second-order valence-corrected chi connectivity index (χ2v) is 7.21. The summed E-state index contributed by atoms with van der Waals surface area (Å²) >= 11 is 0. The van der Waals surface area contributed by atoms with Gasteiger partial charge in [-0.15, -0.1) is 0 Å². The Bertz CT molecular complexity index is 579. The lowest BCUT2D eigenvalue weighted by Gasteiger charge is -2.14. The molecule has 1 aliphatic heterocycles. The molecule has 0 amide bonds. The Morgan fingerprint density at radius 3 is 2.07 bits per heavy atom. The van der Waals surface area contributed by atoms with Crippen LogP contribution in [0.4, 0.5) is 4.39 Å². The minimum absolute atomic E-state index is 0.108. The van der Waals surface area contributed by atoms with Gasteiger partial charge >= 0.3 is 0 Å². The molecule has 0 radical (unpaired) electrons. The van der Waals surface area contributed by atoms with Crippen molar-refractivity contribution in [2.75, 3.05) is 26.2 Å². The van der Waals surface area contributed by atoms with Crippen LogP contribution in [0.3, 0.4) is 0 Å². The summed E-state index contributed by atoms with van der Waals surface area (Å²) < 4.78 is 12.1. The van der Waals surface area contributed by atoms with Crippen molar-refractivity contribution < 1.29 is 9.50 Å². The first-order valence-corrected chi connectivity index (χ1v) is 10.4. The van der Waals surface area contributed by atoms with E-state index in [1.54, 1.807) is 12.1 Å². The molecule has 1 aliphatic rings. The van der Waals surface area contributed by atoms with Crippen LogP contribution in [0.2, 0.25) is 0 Å². The maximum Gasteiger partial charge on any atom is 0.123 e. The quantitative estimate of drug-likeness (QED) is 0.699. The number of nitrogens with one attached hydrogen (secondary N) is 1. The van der Waals surface area contributed by atoms with Crippen LogP contribution in [0.5, 0.6) is 0 Å². The maximum atomic E-state index is 12.1. The third-order valence-corrected chi connectivity index (χ3v) is 4.36. The van der Waals surface area contributed by atoms with E-state index < -0.39 is 0 Å². The minimum Gasteiger partial charge on any atom is -0.392 e. The summed E-state index contributed by atoms with van der Waals surface area (Å²) in [6.45, 7) is 11.5. The molecule has 3 rings (SSSR count). The number of rotatable bonds is 6. The number of benzene rings is 2. The highest BCUT2D eigenvalue weighted by Gasteiger charge is 2.19. The van der Waals surface area contributed by atoms with Crippen LogP contribution < -0.4 is 5.32 Å². The first-order valence-electron chi connectivity index (χ1n) is 10.4. The third kappa shape index (κ3) is 11.9. The summed E-state index contributed by atoms with van der Waals surface area (Å²) in [6.07, 6.45) is 3.32. The molecule has 0 spiro atoms. The van der Waals surface area contributed by atoms with Gasteiger partial charge in [-0.2, -0.15) is 0 Å². The van der Waals surface area contributed by atoms with Crippen LogP contribution >= 0.6 is 0 Å². The molecule has 1 saturated heterocycles. The molecule has 156 valence electrons. The van der Waals surface area contributed by atoms with E-state index in [2.05, 4.69) is 48.3 Å². The summed E-state index contributed by atoms with van der Waals surface area (Å²) in [4.78, 5) is 2.29. The van der Waals surface area contributed by atoms with Crippen molar-refractivity contribution in [1.29, 1.82) is 0 Å². The zero-order valence-corrected chi connectivity index (χ0v) is 17.7. The fraction of sp³-hybridized carbons (Fsp3) is 0.500. The smallest absolute Gasteiger partial charge is 0.123 e. The molecule has 2 N–H and O–H groups in total. The second-order valence-electron chi connectivity index (χ2n) is 7.21. The maximum absolute atomic E-state index is 12.1. The van der Waals surface area contributed by atoms with Gasteiger partial charge in [0, 0.05) is 19.6 Å². The highest BCUT2D eigenvalue weighted by molar-refractivity contribution is 5.14. The van der Waals surface area contributed by atoms with Gasteiger partial charge in [0.2, 0.25) is 0 Å². The fourth-order valence-electron chi connectivity index (χ4n) is 2.81. The standard InChI is InChI=1S/C11H15NO.C7H7F.C6H15N/c13-11-6-7-12(9-11)8-10-4-2-1-3-5-10;1-6-2-4-7(8)5-3-6;1-3-5-7-6-4-2/h1-5,11,13H,6-9H2;2-5H,1H3;7H,3-6H2,1-2H3. The number of aryl methyl sites for hydroxylation is 1. The Hall–Kier alpha value is -1.75. The molecular formula is C24H37FN2O. The second kappa shape index (κ2) is 15.2. The van der Waals surface area contributed by atoms with Gasteiger partial charge in [-0.1, -0.05) is 61.9 Å². The molecule has 2 aromatic carbocycles. The predicted molar refractivity (Wildman–Crippen MR) is 117 cm³/mol. The van der Waals surface area contributed by atoms with Crippen LogP contribution in [0.25, 0.3) is 0 Å². The van der Waals surface area contributed by atoms with Crippen molar-refractivity contribution >= 4 is 0 Å². The average Bonchev–Trinajstić information content (AvgIpc) is 3.11. The predicted octanol–water partition coefficient (Wildman–Crippen LogP) is 4.78. The summed E-state index contributed by atoms with van der Waals surface area (Å²) in [5.74, 6) is -0.171. The van der Waals surface area contributed by atoms with Crippen LogP contribution in [-0.4, -0.2) is 42.3 Å². The lowest BCUT2D eigenvalue weighted by molar-refractivity contribution is 0.175. The number of hydrogen-bond donors (Lipinski definition) is 2. The van der Waals surface area contributed by atoms with Gasteiger partial charge in [0.05, 0.1) is 6.10 Å². The summed E-state index contributed by atoms with van der Waals surface area (Å²) in [5.41, 5.74) is 2.42. The molecule has 2 aromatic rings. The molecule has 0 aliphatic carbocycles. The van der Waals surface area contributed by atoms with E-state index in [4.69, 9.17) is 0 Å². The Morgan fingerprint density at radius 1 is 1.00 bits per heavy atom. The van der Waals surface area contributed by atoms with Gasteiger partial charge in [0.1, 0.15) is 5.82 Å². The number of aliphatic hydroxyl groups is 1. The summed E-state index contributed by atoms with van der Waals surface area (Å²) in [5, 5.41) is 12.6. The van der Waals surface area contributed by atoms with E-state index in [1.807, 2.05) is 13.0 Å². The van der Waals surface area contributed by atoms with E-state index in [0.29, 0.717) is 0 Å². The van der Waals surface area contributed by atoms with Gasteiger partial charge in [-0.3, -0.25) is 4.90 Å². The van der Waals surface area contributed by atoms with Crippen LogP contribution in [0.1, 0.15) is 44.2 Å². The van der Waals surface area contributed by atoms with E-state index in [-0.39, 0.29) is 11.9 Å². The highest BCUT2D eigenvalue weighted by atomic mass is 19.1. The van der Waals surface area contributed by atoms with Gasteiger partial charge in [0.25, 0.3) is 0 Å². The molecule has 1 fully saturated rings. The molecular weight excluding hydrogens is 351 g/mol. The van der Waals surface area contributed by atoms with E-state index in [0.717, 1.165) is 31.6 Å². The van der Waals surface area contributed by atoms with Crippen molar-refractivity contribution in [1.82, 2.24) is 10.2 Å². The lowest BCUT2D eigenvalue weighted by atomic mass is 10.2. The topological polar surface area (TPSA) is 35.5 Å². The van der Waals surface area contributed by atoms with Crippen molar-refractivity contribution in [2.24, 2.45) is 0 Å². The minimum atomic E-state index is -0.171. The van der Waals surface area contributed by atoms with Crippen LogP contribution in [0, 0.1) is 12.7 Å². The molecule has 1 unspecified atom stereocenters. The van der Waals surface area contributed by atoms with Crippen molar-refractivity contribution in [3.63, 3.8) is 0 Å². The first-order chi connectivity index (χ1) is 13.5. The molecule has 28 heavy (non-hydrogen) atoms. The molecule has 1 atom stereocenters. The molecule has 1 heterocycles. The molecule has 3 nitrogen and oxygen atoms in total. The Labute approximate surface area is 170 Å². The third-order valence-electron chi connectivity index (χ3n) is 4.36. The highest BCUT2D eigenvalue weighted by Crippen LogP contribution is 2.12. The number of aliphatic hydroxyl groups excluding tert-OH is 1. The molecule has 4 heteroatoms. The number of likely N-dealkylation sites (tertiary alicyclic amines) is 1.